The Labute approximate surface area is 110 Å². The maximum absolute atomic E-state index is 13.1. The van der Waals surface area contributed by atoms with Crippen LogP contribution in [0.3, 0.4) is 0 Å². The van der Waals surface area contributed by atoms with Crippen LogP contribution < -0.4 is 4.72 Å². The zero-order valence-electron chi connectivity index (χ0n) is 10.3. The molecule has 0 saturated carbocycles. The minimum atomic E-state index is -3.63. The molecule has 0 bridgehead atoms. The van der Waals surface area contributed by atoms with E-state index in [2.05, 4.69) is 9.71 Å². The average molecular weight is 284 g/mol. The van der Waals surface area contributed by atoms with Gasteiger partial charge in [0, 0.05) is 13.0 Å². The summed E-state index contributed by atoms with van der Waals surface area (Å²) in [7, 11) is -3.63. The Bertz CT molecular complexity index is 654. The molecule has 2 aromatic rings. The second kappa shape index (κ2) is 5.50. The van der Waals surface area contributed by atoms with Crippen molar-refractivity contribution in [2.45, 2.75) is 18.2 Å². The Kier molecular flexibility index (Phi) is 3.96. The molecule has 1 N–H and O–H groups in total. The Balaban J connectivity index is 2.03. The molecule has 0 aliphatic rings. The Hall–Kier alpha value is -1.73. The molecule has 0 saturated heterocycles. The number of aromatic nitrogens is 1. The molecule has 0 spiro atoms. The first-order chi connectivity index (χ1) is 8.99. The molecular weight excluding hydrogens is 271 g/mol. The van der Waals surface area contributed by atoms with Crippen molar-refractivity contribution >= 4 is 10.0 Å². The van der Waals surface area contributed by atoms with E-state index < -0.39 is 15.8 Å². The zero-order chi connectivity index (χ0) is 13.9. The van der Waals surface area contributed by atoms with Crippen molar-refractivity contribution in [2.75, 3.05) is 6.54 Å². The lowest BCUT2D eigenvalue weighted by Crippen LogP contribution is -2.26. The topological polar surface area (TPSA) is 72.2 Å². The molecular formula is C12H13FN2O3S. The third-order valence-corrected chi connectivity index (χ3v) is 4.06. The van der Waals surface area contributed by atoms with Crippen molar-refractivity contribution in [3.8, 4) is 0 Å². The standard InChI is InChI=1S/C12H13FN2O3S/c1-9-6-11(2-3-12(9)13)19(16,17)15-5-4-10-7-18-8-14-10/h2-3,6-8,15H,4-5H2,1H3. The van der Waals surface area contributed by atoms with Crippen LogP contribution in [0.5, 0.6) is 0 Å². The SMILES string of the molecule is Cc1cc(S(=O)(=O)NCCc2cocn2)ccc1F. The van der Waals surface area contributed by atoms with Gasteiger partial charge in [-0.1, -0.05) is 0 Å². The molecule has 0 radical (unpaired) electrons. The summed E-state index contributed by atoms with van der Waals surface area (Å²) in [6.45, 7) is 1.72. The minimum Gasteiger partial charge on any atom is -0.451 e. The molecule has 0 aliphatic carbocycles. The van der Waals surface area contributed by atoms with Crippen molar-refractivity contribution < 1.29 is 17.2 Å². The molecule has 0 fully saturated rings. The number of benzene rings is 1. The summed E-state index contributed by atoms with van der Waals surface area (Å²) in [6.07, 6.45) is 3.17. The van der Waals surface area contributed by atoms with Gasteiger partial charge in [-0.05, 0) is 30.7 Å². The lowest BCUT2D eigenvalue weighted by Gasteiger charge is -2.07. The number of aryl methyl sites for hydroxylation is 1. The summed E-state index contributed by atoms with van der Waals surface area (Å²) in [6, 6.07) is 3.68. The number of hydrogen-bond acceptors (Lipinski definition) is 4. The van der Waals surface area contributed by atoms with Crippen LogP contribution in [0.2, 0.25) is 0 Å². The van der Waals surface area contributed by atoms with Gasteiger partial charge in [0.2, 0.25) is 10.0 Å². The van der Waals surface area contributed by atoms with E-state index in [1.54, 1.807) is 0 Å². The number of halogens is 1. The van der Waals surface area contributed by atoms with Gasteiger partial charge in [0.1, 0.15) is 12.1 Å². The second-order valence-corrected chi connectivity index (χ2v) is 5.81. The first kappa shape index (κ1) is 13.7. The highest BCUT2D eigenvalue weighted by Gasteiger charge is 2.14. The van der Waals surface area contributed by atoms with E-state index in [0.29, 0.717) is 17.7 Å². The van der Waals surface area contributed by atoms with E-state index in [0.717, 1.165) is 6.07 Å². The van der Waals surface area contributed by atoms with Crippen LogP contribution in [-0.2, 0) is 16.4 Å². The van der Waals surface area contributed by atoms with Crippen LogP contribution in [0.15, 0.2) is 40.2 Å². The highest BCUT2D eigenvalue weighted by atomic mass is 32.2. The van der Waals surface area contributed by atoms with Gasteiger partial charge >= 0.3 is 0 Å². The first-order valence-electron chi connectivity index (χ1n) is 5.62. The van der Waals surface area contributed by atoms with Gasteiger partial charge in [0.15, 0.2) is 6.39 Å². The second-order valence-electron chi connectivity index (χ2n) is 4.04. The van der Waals surface area contributed by atoms with Gasteiger partial charge < -0.3 is 4.42 Å². The van der Waals surface area contributed by atoms with Crippen LogP contribution in [0, 0.1) is 12.7 Å². The molecule has 0 amide bonds. The normalized spacial score (nSPS) is 11.7. The summed E-state index contributed by atoms with van der Waals surface area (Å²) in [5, 5.41) is 0. The Morgan fingerprint density at radius 2 is 2.21 bits per heavy atom. The monoisotopic (exact) mass is 284 g/mol. The van der Waals surface area contributed by atoms with E-state index in [9.17, 15) is 12.8 Å². The van der Waals surface area contributed by atoms with E-state index in [1.807, 2.05) is 0 Å². The Morgan fingerprint density at radius 3 is 2.84 bits per heavy atom. The van der Waals surface area contributed by atoms with E-state index >= 15 is 0 Å². The third-order valence-electron chi connectivity index (χ3n) is 2.60. The minimum absolute atomic E-state index is 0.0477. The van der Waals surface area contributed by atoms with Crippen LogP contribution >= 0.6 is 0 Å². The van der Waals surface area contributed by atoms with Crippen LogP contribution in [0.1, 0.15) is 11.3 Å². The number of nitrogens with one attached hydrogen (secondary N) is 1. The number of sulfonamides is 1. The molecule has 0 aliphatic heterocycles. The third kappa shape index (κ3) is 3.39. The highest BCUT2D eigenvalue weighted by molar-refractivity contribution is 7.89. The molecule has 2 rings (SSSR count). The molecule has 1 heterocycles. The summed E-state index contributed by atoms with van der Waals surface area (Å²) in [5.41, 5.74) is 0.956. The maximum atomic E-state index is 13.1. The predicted molar refractivity (Wildman–Crippen MR) is 66.5 cm³/mol. The van der Waals surface area contributed by atoms with Gasteiger partial charge in [-0.3, -0.25) is 0 Å². The molecule has 1 aromatic carbocycles. The van der Waals surface area contributed by atoms with Gasteiger partial charge in [0.25, 0.3) is 0 Å². The summed E-state index contributed by atoms with van der Waals surface area (Å²) >= 11 is 0. The van der Waals surface area contributed by atoms with Crippen molar-refractivity contribution in [3.63, 3.8) is 0 Å². The number of nitrogens with zero attached hydrogens (tertiary/aromatic N) is 1. The highest BCUT2D eigenvalue weighted by Crippen LogP contribution is 2.14. The fourth-order valence-electron chi connectivity index (χ4n) is 1.54. The van der Waals surface area contributed by atoms with E-state index in [1.165, 1.54) is 31.7 Å². The zero-order valence-corrected chi connectivity index (χ0v) is 11.1. The van der Waals surface area contributed by atoms with Gasteiger partial charge in [-0.25, -0.2) is 22.5 Å². The summed E-state index contributed by atoms with van der Waals surface area (Å²) < 4.78 is 44.2. The van der Waals surface area contributed by atoms with Gasteiger partial charge in [0.05, 0.1) is 10.6 Å². The molecule has 0 atom stereocenters. The summed E-state index contributed by atoms with van der Waals surface area (Å²) in [4.78, 5) is 3.93. The number of hydrogen-bond donors (Lipinski definition) is 1. The van der Waals surface area contributed by atoms with E-state index in [4.69, 9.17) is 4.42 Å². The molecule has 1 aromatic heterocycles. The summed E-state index contributed by atoms with van der Waals surface area (Å²) in [5.74, 6) is -0.429. The van der Waals surface area contributed by atoms with Crippen LogP contribution in [0.25, 0.3) is 0 Å². The average Bonchev–Trinajstić information content (AvgIpc) is 2.85. The van der Waals surface area contributed by atoms with Gasteiger partial charge in [-0.2, -0.15) is 0 Å². The van der Waals surface area contributed by atoms with E-state index in [-0.39, 0.29) is 11.4 Å². The van der Waals surface area contributed by atoms with Crippen molar-refractivity contribution in [2.24, 2.45) is 0 Å². The maximum Gasteiger partial charge on any atom is 0.240 e. The molecule has 7 heteroatoms. The Morgan fingerprint density at radius 1 is 1.42 bits per heavy atom. The fraction of sp³-hybridized carbons (Fsp3) is 0.250. The fourth-order valence-corrected chi connectivity index (χ4v) is 2.66. The van der Waals surface area contributed by atoms with Crippen molar-refractivity contribution in [3.05, 3.63) is 47.9 Å². The molecule has 19 heavy (non-hydrogen) atoms. The smallest absolute Gasteiger partial charge is 0.240 e. The predicted octanol–water partition coefficient (Wildman–Crippen LogP) is 1.64. The number of rotatable bonds is 5. The van der Waals surface area contributed by atoms with Crippen molar-refractivity contribution in [1.29, 1.82) is 0 Å². The van der Waals surface area contributed by atoms with Crippen molar-refractivity contribution in [1.82, 2.24) is 9.71 Å². The quantitative estimate of drug-likeness (QED) is 0.906. The first-order valence-corrected chi connectivity index (χ1v) is 7.10. The molecule has 5 nitrogen and oxygen atoms in total. The largest absolute Gasteiger partial charge is 0.451 e. The molecule has 102 valence electrons. The van der Waals surface area contributed by atoms with Crippen LogP contribution in [0.4, 0.5) is 4.39 Å². The van der Waals surface area contributed by atoms with Gasteiger partial charge in [-0.15, -0.1) is 0 Å². The lowest BCUT2D eigenvalue weighted by atomic mass is 10.2. The molecule has 0 unspecified atom stereocenters. The number of oxazole rings is 1. The lowest BCUT2D eigenvalue weighted by molar-refractivity contribution is 0.555. The van der Waals surface area contributed by atoms with Crippen LogP contribution in [-0.4, -0.2) is 19.9 Å².